The molecule has 4 rings (SSSR count). The van der Waals surface area contributed by atoms with E-state index in [4.69, 9.17) is 4.99 Å². The van der Waals surface area contributed by atoms with E-state index in [2.05, 4.69) is 89.1 Å². The predicted molar refractivity (Wildman–Crippen MR) is 230 cm³/mol. The molecule has 2 saturated heterocycles. The molecule has 53 heavy (non-hydrogen) atoms. The Kier molecular flexibility index (Phi) is 22.4. The van der Waals surface area contributed by atoms with Crippen molar-refractivity contribution < 1.29 is 9.59 Å². The molecule has 0 radical (unpaired) electrons. The summed E-state index contributed by atoms with van der Waals surface area (Å²) in [5.74, 6) is 2.15. The van der Waals surface area contributed by atoms with Gasteiger partial charge in [0.1, 0.15) is 18.4 Å². The second kappa shape index (κ2) is 26.1. The van der Waals surface area contributed by atoms with Crippen LogP contribution < -0.4 is 20.4 Å². The van der Waals surface area contributed by atoms with Gasteiger partial charge in [0.05, 0.1) is 0 Å². The molecular formula is C45H72N6O2. The third-order valence-corrected chi connectivity index (χ3v) is 10.4. The van der Waals surface area contributed by atoms with Crippen molar-refractivity contribution in [3.05, 3.63) is 78.0 Å². The van der Waals surface area contributed by atoms with Gasteiger partial charge in [-0.2, -0.15) is 0 Å². The first kappa shape index (κ1) is 45.4. The molecule has 0 amide bonds. The van der Waals surface area contributed by atoms with E-state index in [1.54, 1.807) is 0 Å². The zero-order valence-corrected chi connectivity index (χ0v) is 34.5. The summed E-state index contributed by atoms with van der Waals surface area (Å²) in [5.41, 5.74) is 7.02. The third kappa shape index (κ3) is 16.0. The number of piperidine rings is 1. The highest BCUT2D eigenvalue weighted by atomic mass is 16.1. The lowest BCUT2D eigenvalue weighted by Gasteiger charge is -2.40. The lowest BCUT2D eigenvalue weighted by atomic mass is 9.95. The van der Waals surface area contributed by atoms with Crippen LogP contribution in [0.3, 0.4) is 0 Å². The maximum absolute atomic E-state index is 11.5. The number of aldehydes is 2. The number of hydrogen-bond donors (Lipinski definition) is 2. The van der Waals surface area contributed by atoms with Crippen molar-refractivity contribution in [1.29, 1.82) is 0 Å². The minimum atomic E-state index is -0.198. The summed E-state index contributed by atoms with van der Waals surface area (Å²) in [7, 11) is 3.75. The molecule has 8 heteroatoms. The van der Waals surface area contributed by atoms with E-state index < -0.39 is 0 Å². The lowest BCUT2D eigenvalue weighted by molar-refractivity contribution is -0.109. The zero-order chi connectivity index (χ0) is 39.0. The number of benzene rings is 2. The van der Waals surface area contributed by atoms with E-state index >= 15 is 0 Å². The van der Waals surface area contributed by atoms with Gasteiger partial charge in [0.2, 0.25) is 0 Å². The van der Waals surface area contributed by atoms with E-state index in [9.17, 15) is 9.59 Å². The molecule has 0 saturated carbocycles. The highest BCUT2D eigenvalue weighted by Crippen LogP contribution is 2.27. The number of anilines is 3. The van der Waals surface area contributed by atoms with E-state index in [-0.39, 0.29) is 5.92 Å². The van der Waals surface area contributed by atoms with Crippen LogP contribution in [0.2, 0.25) is 0 Å². The zero-order valence-electron chi connectivity index (χ0n) is 34.5. The monoisotopic (exact) mass is 729 g/mol. The number of carbonyl (C=O) groups excluding carboxylic acids is 2. The van der Waals surface area contributed by atoms with Gasteiger partial charge < -0.3 is 30.0 Å². The minimum Gasteiger partial charge on any atom is -0.372 e. The van der Waals surface area contributed by atoms with Crippen LogP contribution in [0, 0.1) is 11.8 Å². The second-order valence-corrected chi connectivity index (χ2v) is 14.3. The average Bonchev–Trinajstić information content (AvgIpc) is 3.20. The number of nitrogens with one attached hydrogen (secondary N) is 2. The van der Waals surface area contributed by atoms with Crippen LogP contribution >= 0.6 is 0 Å². The summed E-state index contributed by atoms with van der Waals surface area (Å²) in [6, 6.07) is 17.2. The topological polar surface area (TPSA) is 80.3 Å². The lowest BCUT2D eigenvalue weighted by Crippen LogP contribution is -2.49. The van der Waals surface area contributed by atoms with Crippen molar-refractivity contribution in [2.75, 3.05) is 75.0 Å². The highest BCUT2D eigenvalue weighted by Gasteiger charge is 2.24. The van der Waals surface area contributed by atoms with Crippen molar-refractivity contribution in [1.82, 2.24) is 10.2 Å². The fourth-order valence-electron chi connectivity index (χ4n) is 6.76. The van der Waals surface area contributed by atoms with Crippen LogP contribution in [-0.2, 0) is 9.59 Å². The summed E-state index contributed by atoms with van der Waals surface area (Å²) >= 11 is 0. The molecule has 2 unspecified atom stereocenters. The van der Waals surface area contributed by atoms with Crippen molar-refractivity contribution >= 4 is 35.5 Å². The molecular weight excluding hydrogens is 657 g/mol. The van der Waals surface area contributed by atoms with Gasteiger partial charge in [-0.15, -0.1) is 0 Å². The Morgan fingerprint density at radius 3 is 1.98 bits per heavy atom. The van der Waals surface area contributed by atoms with Crippen LogP contribution in [0.15, 0.2) is 77.4 Å². The van der Waals surface area contributed by atoms with Gasteiger partial charge >= 0.3 is 0 Å². The summed E-state index contributed by atoms with van der Waals surface area (Å²) < 4.78 is 0. The third-order valence-electron chi connectivity index (χ3n) is 10.4. The van der Waals surface area contributed by atoms with Gasteiger partial charge in [0, 0.05) is 81.4 Å². The van der Waals surface area contributed by atoms with Crippen molar-refractivity contribution in [3.8, 4) is 0 Å². The van der Waals surface area contributed by atoms with Crippen LogP contribution in [0.25, 0.3) is 0 Å². The van der Waals surface area contributed by atoms with Gasteiger partial charge in [-0.05, 0) is 119 Å². The molecule has 2 atom stereocenters. The van der Waals surface area contributed by atoms with Crippen LogP contribution in [-0.4, -0.2) is 83.2 Å². The number of allylic oxidation sites excluding steroid dienone is 2. The Balaban J connectivity index is 0.00000185. The molecule has 2 aliphatic heterocycles. The van der Waals surface area contributed by atoms with Gasteiger partial charge in [-0.25, -0.2) is 4.99 Å². The number of piperazine rings is 1. The number of carbonyl (C=O) groups is 2. The van der Waals surface area contributed by atoms with Gasteiger partial charge in [0.25, 0.3) is 0 Å². The summed E-state index contributed by atoms with van der Waals surface area (Å²) in [6.45, 7) is 24.6. The summed E-state index contributed by atoms with van der Waals surface area (Å²) in [6.07, 6.45) is 11.7. The highest BCUT2D eigenvalue weighted by molar-refractivity contribution is 5.94. The van der Waals surface area contributed by atoms with E-state index in [0.29, 0.717) is 12.8 Å². The number of rotatable bonds is 17. The normalized spacial score (nSPS) is 16.8. The molecule has 0 spiro atoms. The molecule has 0 bridgehead atoms. The summed E-state index contributed by atoms with van der Waals surface area (Å²) in [5, 5.41) is 6.22. The smallest absolute Gasteiger partial charge is 0.127 e. The fourth-order valence-corrected chi connectivity index (χ4v) is 6.76. The van der Waals surface area contributed by atoms with Crippen LogP contribution in [0.5, 0.6) is 0 Å². The maximum atomic E-state index is 11.5. The second-order valence-electron chi connectivity index (χ2n) is 14.3. The fraction of sp³-hybridized carbons (Fsp3) is 0.578. The van der Waals surface area contributed by atoms with Crippen molar-refractivity contribution in [2.45, 2.75) is 98.8 Å². The number of amidine groups is 1. The van der Waals surface area contributed by atoms with Gasteiger partial charge in [-0.3, -0.25) is 4.90 Å². The number of aliphatic imine (C=N–C) groups is 1. The van der Waals surface area contributed by atoms with E-state index in [1.807, 2.05) is 53.2 Å². The molecule has 0 aromatic heterocycles. The molecule has 2 aromatic rings. The quantitative estimate of drug-likeness (QED) is 0.0728. The van der Waals surface area contributed by atoms with Crippen molar-refractivity contribution in [2.24, 2.45) is 16.8 Å². The molecule has 8 nitrogen and oxygen atoms in total. The van der Waals surface area contributed by atoms with Gasteiger partial charge in [-0.1, -0.05) is 65.3 Å². The Morgan fingerprint density at radius 2 is 1.45 bits per heavy atom. The predicted octanol–water partition coefficient (Wildman–Crippen LogP) is 9.36. The van der Waals surface area contributed by atoms with E-state index in [0.717, 1.165) is 93.6 Å². The molecule has 2 aromatic carbocycles. The SMILES string of the molecule is C=C(CC)/C(=C\N=C(C)Nc1ccc(N2CCC(CN3CCN(c4ccc(C(C=O)CCC=O)cc4)CC3)CC2)cc1)CCC(C)CC.CC.CNC. The first-order chi connectivity index (χ1) is 25.7. The first-order valence-corrected chi connectivity index (χ1v) is 20.3. The minimum absolute atomic E-state index is 0.198. The van der Waals surface area contributed by atoms with Gasteiger partial charge in [0.15, 0.2) is 0 Å². The maximum Gasteiger partial charge on any atom is 0.127 e. The average molecular weight is 729 g/mol. The Labute approximate surface area is 323 Å². The van der Waals surface area contributed by atoms with Crippen LogP contribution in [0.1, 0.15) is 104 Å². The standard InChI is InChI=1S/C41H59N5O2.C2H7N.C2H6/c1-6-32(3)10-11-37(33(4)7-2)29-42-34(5)43-39-14-18-41(19-15-39)45-22-20-35(21-23-45)30-44-24-26-46(27-25-44)40-16-12-36(13-17-40)38(31-48)9-8-28-47;1-3-2;1-2/h12-19,28-29,31-32,35,38H,4,6-11,20-27,30H2,1-3,5H3,(H,42,43);3H,1-2H3;1-2H3/b37-29-;;. The number of hydrogen-bond acceptors (Lipinski definition) is 7. The Morgan fingerprint density at radius 1 is 0.887 bits per heavy atom. The molecule has 2 aliphatic rings. The molecule has 2 heterocycles. The molecule has 2 N–H and O–H groups in total. The first-order valence-electron chi connectivity index (χ1n) is 20.3. The molecule has 0 aliphatic carbocycles. The van der Waals surface area contributed by atoms with Crippen LogP contribution in [0.4, 0.5) is 17.1 Å². The van der Waals surface area contributed by atoms with Crippen molar-refractivity contribution in [3.63, 3.8) is 0 Å². The molecule has 294 valence electrons. The largest absolute Gasteiger partial charge is 0.372 e. The Hall–Kier alpha value is -3.75. The summed E-state index contributed by atoms with van der Waals surface area (Å²) in [4.78, 5) is 34.6. The molecule has 2 fully saturated rings. The van der Waals surface area contributed by atoms with E-state index in [1.165, 1.54) is 54.7 Å². The Bertz CT molecular complexity index is 1370. The number of nitrogens with zero attached hydrogens (tertiary/aromatic N) is 4.